The third-order valence-electron chi connectivity index (χ3n) is 5.81. The van der Waals surface area contributed by atoms with Crippen molar-refractivity contribution in [3.63, 3.8) is 0 Å². The Labute approximate surface area is 180 Å². The number of likely N-dealkylation sites (tertiary alicyclic amines) is 1. The number of aryl methyl sites for hydroxylation is 1. The fraction of sp³-hybridized carbons (Fsp3) is 0.435. The maximum atomic E-state index is 13.6. The quantitative estimate of drug-likeness (QED) is 0.763. The highest BCUT2D eigenvalue weighted by Crippen LogP contribution is 2.36. The average molecular weight is 426 g/mol. The molecule has 0 aliphatic carbocycles. The standard InChI is InChI=1S/C23H27FN4O3/c1-5-16-17(21(30)28(25-16)23(2,3)4)18-19(26-12-6-7-13-26)22(31)27(20(18)29)15-10-8-14(24)9-11-15/h8-11,25H,5-7,12-13H2,1-4H3. The van der Waals surface area contributed by atoms with Gasteiger partial charge in [0.2, 0.25) is 0 Å². The van der Waals surface area contributed by atoms with Crippen molar-refractivity contribution in [1.29, 1.82) is 0 Å². The van der Waals surface area contributed by atoms with Crippen LogP contribution < -0.4 is 10.5 Å². The number of H-pyrrole nitrogens is 1. The van der Waals surface area contributed by atoms with Crippen molar-refractivity contribution in [2.24, 2.45) is 0 Å². The van der Waals surface area contributed by atoms with Crippen molar-refractivity contribution in [2.45, 2.75) is 52.5 Å². The van der Waals surface area contributed by atoms with Crippen LogP contribution >= 0.6 is 0 Å². The predicted octanol–water partition coefficient (Wildman–Crippen LogP) is 3.01. The molecule has 7 nitrogen and oxygen atoms in total. The lowest BCUT2D eigenvalue weighted by Gasteiger charge is -2.20. The van der Waals surface area contributed by atoms with Crippen molar-refractivity contribution < 1.29 is 14.0 Å². The first-order valence-corrected chi connectivity index (χ1v) is 10.6. The number of benzene rings is 1. The molecule has 1 aromatic carbocycles. The topological polar surface area (TPSA) is 78.4 Å². The Kier molecular flexibility index (Phi) is 5.11. The van der Waals surface area contributed by atoms with E-state index in [1.165, 1.54) is 28.9 Å². The van der Waals surface area contributed by atoms with Gasteiger partial charge in [-0.1, -0.05) is 6.92 Å². The van der Waals surface area contributed by atoms with E-state index in [-0.39, 0.29) is 28.1 Å². The first-order chi connectivity index (χ1) is 14.6. The van der Waals surface area contributed by atoms with Crippen LogP contribution in [-0.2, 0) is 21.5 Å². The molecule has 1 fully saturated rings. The molecule has 4 rings (SSSR count). The molecule has 2 aliphatic rings. The third-order valence-corrected chi connectivity index (χ3v) is 5.81. The summed E-state index contributed by atoms with van der Waals surface area (Å²) in [6, 6.07) is 5.23. The van der Waals surface area contributed by atoms with Crippen LogP contribution in [-0.4, -0.2) is 39.6 Å². The summed E-state index contributed by atoms with van der Waals surface area (Å²) in [4.78, 5) is 43.5. The van der Waals surface area contributed by atoms with E-state index in [9.17, 15) is 18.8 Å². The van der Waals surface area contributed by atoms with Crippen LogP contribution in [0.4, 0.5) is 10.1 Å². The van der Waals surface area contributed by atoms with E-state index in [2.05, 4.69) is 5.10 Å². The Bertz CT molecular complexity index is 1130. The first-order valence-electron chi connectivity index (χ1n) is 10.6. The van der Waals surface area contributed by atoms with Gasteiger partial charge < -0.3 is 4.90 Å². The van der Waals surface area contributed by atoms with E-state index in [1.807, 2.05) is 32.6 Å². The molecular weight excluding hydrogens is 399 g/mol. The number of aromatic nitrogens is 2. The van der Waals surface area contributed by atoms with Crippen molar-refractivity contribution in [2.75, 3.05) is 18.0 Å². The normalized spacial score (nSPS) is 17.5. The molecule has 1 N–H and O–H groups in total. The molecule has 164 valence electrons. The Balaban J connectivity index is 1.94. The highest BCUT2D eigenvalue weighted by atomic mass is 19.1. The molecule has 3 heterocycles. The SMILES string of the molecule is CCc1[nH]n(C(C)(C)C)c(=O)c1C1=C(N2CCCC2)C(=O)N(c2ccc(F)cc2)C1=O. The summed E-state index contributed by atoms with van der Waals surface area (Å²) in [5, 5.41) is 3.15. The molecule has 0 bridgehead atoms. The summed E-state index contributed by atoms with van der Waals surface area (Å²) in [5.41, 5.74) is 0.716. The minimum Gasteiger partial charge on any atom is -0.366 e. The van der Waals surface area contributed by atoms with Crippen molar-refractivity contribution in [3.05, 3.63) is 57.4 Å². The Morgan fingerprint density at radius 1 is 1.00 bits per heavy atom. The van der Waals surface area contributed by atoms with E-state index in [0.29, 0.717) is 25.2 Å². The van der Waals surface area contributed by atoms with Crippen LogP contribution in [0.3, 0.4) is 0 Å². The number of carbonyl (C=O) groups is 2. The van der Waals surface area contributed by atoms with Crippen LogP contribution in [0.5, 0.6) is 0 Å². The van der Waals surface area contributed by atoms with E-state index < -0.39 is 23.2 Å². The molecule has 2 amide bonds. The van der Waals surface area contributed by atoms with Crippen LogP contribution in [0.25, 0.3) is 5.57 Å². The molecule has 2 aliphatic heterocycles. The number of rotatable bonds is 4. The highest BCUT2D eigenvalue weighted by Gasteiger charge is 2.45. The highest BCUT2D eigenvalue weighted by molar-refractivity contribution is 6.45. The molecule has 0 unspecified atom stereocenters. The number of nitrogens with zero attached hydrogens (tertiary/aromatic N) is 3. The minimum atomic E-state index is -0.551. The molecule has 31 heavy (non-hydrogen) atoms. The fourth-order valence-corrected chi connectivity index (χ4v) is 4.27. The molecule has 0 atom stereocenters. The molecule has 1 saturated heterocycles. The Hall–Kier alpha value is -3.16. The van der Waals surface area contributed by atoms with Crippen molar-refractivity contribution in [1.82, 2.24) is 14.7 Å². The van der Waals surface area contributed by atoms with Crippen LogP contribution in [0, 0.1) is 5.82 Å². The van der Waals surface area contributed by atoms with Gasteiger partial charge in [0.1, 0.15) is 11.5 Å². The molecule has 0 radical (unpaired) electrons. The number of nitrogens with one attached hydrogen (secondary N) is 1. The van der Waals surface area contributed by atoms with Crippen LogP contribution in [0.1, 0.15) is 51.8 Å². The summed E-state index contributed by atoms with van der Waals surface area (Å²) >= 11 is 0. The Morgan fingerprint density at radius 2 is 1.61 bits per heavy atom. The zero-order chi connectivity index (χ0) is 22.5. The van der Waals surface area contributed by atoms with Gasteiger partial charge in [0, 0.05) is 18.8 Å². The zero-order valence-electron chi connectivity index (χ0n) is 18.3. The third kappa shape index (κ3) is 3.40. The predicted molar refractivity (Wildman–Crippen MR) is 116 cm³/mol. The summed E-state index contributed by atoms with van der Waals surface area (Å²) in [5.74, 6) is -1.48. The van der Waals surface area contributed by atoms with E-state index >= 15 is 0 Å². The molecule has 8 heteroatoms. The monoisotopic (exact) mass is 426 g/mol. The summed E-state index contributed by atoms with van der Waals surface area (Å²) in [6.45, 7) is 8.89. The molecular formula is C23H27FN4O3. The van der Waals surface area contributed by atoms with E-state index in [4.69, 9.17) is 0 Å². The number of aromatic amines is 1. The number of imide groups is 1. The summed E-state index contributed by atoms with van der Waals surface area (Å²) < 4.78 is 15.0. The van der Waals surface area contributed by atoms with Crippen molar-refractivity contribution >= 4 is 23.1 Å². The lowest BCUT2D eigenvalue weighted by Crippen LogP contribution is -2.35. The summed E-state index contributed by atoms with van der Waals surface area (Å²) in [6.07, 6.45) is 2.33. The van der Waals surface area contributed by atoms with Gasteiger partial charge in [-0.25, -0.2) is 14.0 Å². The largest absolute Gasteiger partial charge is 0.366 e. The van der Waals surface area contributed by atoms with Gasteiger partial charge >= 0.3 is 0 Å². The second kappa shape index (κ2) is 7.51. The van der Waals surface area contributed by atoms with Crippen LogP contribution in [0.2, 0.25) is 0 Å². The molecule has 2 aromatic rings. The average Bonchev–Trinajstić information content (AvgIpc) is 3.39. The van der Waals surface area contributed by atoms with Crippen molar-refractivity contribution in [3.8, 4) is 0 Å². The molecule has 0 saturated carbocycles. The van der Waals surface area contributed by atoms with Gasteiger partial charge in [-0.05, 0) is 64.3 Å². The van der Waals surface area contributed by atoms with Gasteiger partial charge in [-0.15, -0.1) is 0 Å². The first kappa shape index (κ1) is 21.1. The van der Waals surface area contributed by atoms with Gasteiger partial charge in [0.25, 0.3) is 17.4 Å². The minimum absolute atomic E-state index is 0.136. The zero-order valence-corrected chi connectivity index (χ0v) is 18.3. The molecule has 1 aromatic heterocycles. The second-order valence-corrected chi connectivity index (χ2v) is 8.97. The van der Waals surface area contributed by atoms with Gasteiger partial charge in [-0.2, -0.15) is 0 Å². The number of carbonyl (C=O) groups excluding carboxylic acids is 2. The number of anilines is 1. The summed E-state index contributed by atoms with van der Waals surface area (Å²) in [7, 11) is 0. The smallest absolute Gasteiger partial charge is 0.282 e. The molecule has 0 spiro atoms. The second-order valence-electron chi connectivity index (χ2n) is 8.97. The van der Waals surface area contributed by atoms with Gasteiger partial charge in [0.05, 0.1) is 22.4 Å². The van der Waals surface area contributed by atoms with Gasteiger partial charge in [0.15, 0.2) is 0 Å². The van der Waals surface area contributed by atoms with Crippen LogP contribution in [0.15, 0.2) is 34.8 Å². The number of amides is 2. The van der Waals surface area contributed by atoms with E-state index in [1.54, 1.807) is 0 Å². The number of hydrogen-bond donors (Lipinski definition) is 1. The maximum Gasteiger partial charge on any atom is 0.282 e. The lowest BCUT2D eigenvalue weighted by atomic mass is 10.0. The Morgan fingerprint density at radius 3 is 2.16 bits per heavy atom. The van der Waals surface area contributed by atoms with Gasteiger partial charge in [-0.3, -0.25) is 19.5 Å². The lowest BCUT2D eigenvalue weighted by molar-refractivity contribution is -0.120. The maximum absolute atomic E-state index is 13.6. The fourth-order valence-electron chi connectivity index (χ4n) is 4.27. The number of halogens is 1. The number of hydrogen-bond acceptors (Lipinski definition) is 4. The van der Waals surface area contributed by atoms with E-state index in [0.717, 1.165) is 17.7 Å².